The lowest BCUT2D eigenvalue weighted by Crippen LogP contribution is -2.27. The first-order valence-electron chi connectivity index (χ1n) is 6.36. The van der Waals surface area contributed by atoms with Crippen molar-refractivity contribution in [3.05, 3.63) is 0 Å². The molecule has 1 fully saturated rings. The molecule has 0 amide bonds. The van der Waals surface area contributed by atoms with Gasteiger partial charge in [0.15, 0.2) is 0 Å². The fourth-order valence-corrected chi connectivity index (χ4v) is 2.78. The van der Waals surface area contributed by atoms with Crippen LogP contribution in [0.3, 0.4) is 0 Å². The Labute approximate surface area is 91.3 Å². The second-order valence-electron chi connectivity index (χ2n) is 5.47. The second kappa shape index (κ2) is 5.23. The third-order valence-corrected chi connectivity index (χ3v) is 4.24. The minimum absolute atomic E-state index is 0.102. The van der Waals surface area contributed by atoms with E-state index in [9.17, 15) is 0 Å². The SMILES string of the molecule is [B]C1(C(C)C)CCCCCCCC1C. The van der Waals surface area contributed by atoms with Crippen LogP contribution in [0.25, 0.3) is 0 Å². The van der Waals surface area contributed by atoms with E-state index in [2.05, 4.69) is 20.8 Å². The van der Waals surface area contributed by atoms with E-state index in [0.717, 1.165) is 0 Å². The highest BCUT2D eigenvalue weighted by molar-refractivity contribution is 6.15. The fraction of sp³-hybridized carbons (Fsp3) is 1.00. The third-order valence-electron chi connectivity index (χ3n) is 4.24. The van der Waals surface area contributed by atoms with Crippen LogP contribution in [-0.4, -0.2) is 7.85 Å². The van der Waals surface area contributed by atoms with Crippen LogP contribution in [0, 0.1) is 11.8 Å². The molecule has 0 aliphatic heterocycles. The van der Waals surface area contributed by atoms with Gasteiger partial charge in [-0.05, 0) is 11.8 Å². The molecule has 0 N–H and O–H groups in total. The first kappa shape index (κ1) is 12.1. The van der Waals surface area contributed by atoms with Crippen LogP contribution < -0.4 is 0 Å². The topological polar surface area (TPSA) is 0 Å². The zero-order valence-corrected chi connectivity index (χ0v) is 10.2. The molecule has 0 saturated heterocycles. The predicted octanol–water partition coefficient (Wildman–Crippen LogP) is 4.35. The van der Waals surface area contributed by atoms with Gasteiger partial charge in [0.05, 0.1) is 7.85 Å². The summed E-state index contributed by atoms with van der Waals surface area (Å²) in [6, 6.07) is 0. The highest BCUT2D eigenvalue weighted by Crippen LogP contribution is 2.47. The smallest absolute Gasteiger partial charge is 0.0629 e. The summed E-state index contributed by atoms with van der Waals surface area (Å²) in [5, 5.41) is 0.102. The van der Waals surface area contributed by atoms with Crippen molar-refractivity contribution < 1.29 is 0 Å². The van der Waals surface area contributed by atoms with Crippen LogP contribution in [0.2, 0.25) is 5.31 Å². The van der Waals surface area contributed by atoms with Crippen molar-refractivity contribution >= 4 is 7.85 Å². The molecule has 0 spiro atoms. The Kier molecular flexibility index (Phi) is 4.54. The van der Waals surface area contributed by atoms with Gasteiger partial charge in [-0.25, -0.2) is 0 Å². The molecule has 1 aliphatic rings. The Morgan fingerprint density at radius 3 is 2.29 bits per heavy atom. The highest BCUT2D eigenvalue weighted by Gasteiger charge is 2.33. The molecule has 0 aromatic carbocycles. The van der Waals surface area contributed by atoms with Gasteiger partial charge in [-0.3, -0.25) is 0 Å². The van der Waals surface area contributed by atoms with E-state index in [0.29, 0.717) is 11.8 Å². The summed E-state index contributed by atoms with van der Waals surface area (Å²) >= 11 is 0. The van der Waals surface area contributed by atoms with Crippen molar-refractivity contribution in [2.45, 2.75) is 71.0 Å². The summed E-state index contributed by atoms with van der Waals surface area (Å²) in [4.78, 5) is 0. The Balaban J connectivity index is 2.66. The molecular formula is C13H25B. The monoisotopic (exact) mass is 192 g/mol. The molecule has 1 heteroatoms. The first-order chi connectivity index (χ1) is 6.57. The van der Waals surface area contributed by atoms with E-state index in [1.165, 1.54) is 44.9 Å². The van der Waals surface area contributed by atoms with E-state index in [1.807, 2.05) is 0 Å². The predicted molar refractivity (Wildman–Crippen MR) is 64.8 cm³/mol. The van der Waals surface area contributed by atoms with E-state index >= 15 is 0 Å². The van der Waals surface area contributed by atoms with Crippen molar-refractivity contribution in [1.29, 1.82) is 0 Å². The van der Waals surface area contributed by atoms with Gasteiger partial charge in [0.2, 0.25) is 0 Å². The molecule has 14 heavy (non-hydrogen) atoms. The van der Waals surface area contributed by atoms with Gasteiger partial charge in [-0.15, -0.1) is 0 Å². The number of hydrogen-bond acceptors (Lipinski definition) is 0. The largest absolute Gasteiger partial charge is 0.0753 e. The Morgan fingerprint density at radius 2 is 1.64 bits per heavy atom. The van der Waals surface area contributed by atoms with Crippen molar-refractivity contribution in [2.75, 3.05) is 0 Å². The van der Waals surface area contributed by atoms with Gasteiger partial charge in [-0.2, -0.15) is 0 Å². The minimum Gasteiger partial charge on any atom is -0.0629 e. The van der Waals surface area contributed by atoms with Gasteiger partial charge >= 0.3 is 0 Å². The summed E-state index contributed by atoms with van der Waals surface area (Å²) < 4.78 is 0. The lowest BCUT2D eigenvalue weighted by molar-refractivity contribution is 0.260. The van der Waals surface area contributed by atoms with Crippen LogP contribution >= 0.6 is 0 Å². The van der Waals surface area contributed by atoms with Crippen LogP contribution in [0.5, 0.6) is 0 Å². The maximum Gasteiger partial charge on any atom is 0.0753 e. The van der Waals surface area contributed by atoms with Gasteiger partial charge in [-0.1, -0.05) is 71.0 Å². The number of rotatable bonds is 1. The van der Waals surface area contributed by atoms with E-state index < -0.39 is 0 Å². The fourth-order valence-electron chi connectivity index (χ4n) is 2.78. The van der Waals surface area contributed by atoms with Crippen molar-refractivity contribution in [2.24, 2.45) is 11.8 Å². The second-order valence-corrected chi connectivity index (χ2v) is 5.47. The van der Waals surface area contributed by atoms with Crippen LogP contribution in [0.4, 0.5) is 0 Å². The maximum atomic E-state index is 6.58. The summed E-state index contributed by atoms with van der Waals surface area (Å²) in [6.45, 7) is 6.92. The lowest BCUT2D eigenvalue weighted by Gasteiger charge is -2.40. The van der Waals surface area contributed by atoms with Crippen molar-refractivity contribution in [3.63, 3.8) is 0 Å². The van der Waals surface area contributed by atoms with Crippen LogP contribution in [0.15, 0.2) is 0 Å². The summed E-state index contributed by atoms with van der Waals surface area (Å²) in [5.41, 5.74) is 0. The number of hydrogen-bond donors (Lipinski definition) is 0. The van der Waals surface area contributed by atoms with Crippen molar-refractivity contribution in [1.82, 2.24) is 0 Å². The summed E-state index contributed by atoms with van der Waals surface area (Å²) in [7, 11) is 6.58. The minimum atomic E-state index is 0.102. The van der Waals surface area contributed by atoms with Crippen LogP contribution in [0.1, 0.15) is 65.7 Å². The quantitative estimate of drug-likeness (QED) is 0.542. The summed E-state index contributed by atoms with van der Waals surface area (Å²) in [6.07, 6.45) is 9.49. The van der Waals surface area contributed by atoms with Gasteiger partial charge in [0.1, 0.15) is 0 Å². The molecule has 0 aromatic heterocycles. The van der Waals surface area contributed by atoms with E-state index in [-0.39, 0.29) is 5.31 Å². The average Bonchev–Trinajstić information content (AvgIpc) is 2.21. The molecule has 2 radical (unpaired) electrons. The molecule has 0 heterocycles. The first-order valence-corrected chi connectivity index (χ1v) is 6.36. The maximum absolute atomic E-state index is 6.58. The Bertz CT molecular complexity index is 165. The van der Waals surface area contributed by atoms with Crippen LogP contribution in [-0.2, 0) is 0 Å². The van der Waals surface area contributed by atoms with E-state index in [4.69, 9.17) is 7.85 Å². The Hall–Kier alpha value is 0.0649. The standard InChI is InChI=1S/C13H25B/c1-11(2)13(14)10-8-6-4-5-7-9-12(13)3/h11-12H,4-10H2,1-3H3. The molecule has 0 bridgehead atoms. The zero-order valence-electron chi connectivity index (χ0n) is 10.2. The molecule has 2 unspecified atom stereocenters. The molecule has 80 valence electrons. The Morgan fingerprint density at radius 1 is 1.07 bits per heavy atom. The normalized spacial score (nSPS) is 36.1. The van der Waals surface area contributed by atoms with E-state index in [1.54, 1.807) is 0 Å². The average molecular weight is 192 g/mol. The molecule has 0 nitrogen and oxygen atoms in total. The molecule has 1 rings (SSSR count). The van der Waals surface area contributed by atoms with Gasteiger partial charge in [0, 0.05) is 0 Å². The highest BCUT2D eigenvalue weighted by atomic mass is 14.3. The molecule has 1 aliphatic carbocycles. The lowest BCUT2D eigenvalue weighted by atomic mass is 9.52. The van der Waals surface area contributed by atoms with Gasteiger partial charge in [0.25, 0.3) is 0 Å². The molecule has 0 aromatic rings. The molecule has 1 saturated carbocycles. The molecular weight excluding hydrogens is 167 g/mol. The van der Waals surface area contributed by atoms with Crippen molar-refractivity contribution in [3.8, 4) is 0 Å². The molecule has 2 atom stereocenters. The van der Waals surface area contributed by atoms with Gasteiger partial charge < -0.3 is 0 Å². The third kappa shape index (κ3) is 2.78. The summed E-state index contributed by atoms with van der Waals surface area (Å²) in [5.74, 6) is 1.32. The zero-order chi connectivity index (χ0) is 10.6.